The molecule has 2 atom stereocenters. The van der Waals surface area contributed by atoms with Crippen LogP contribution < -0.4 is 5.32 Å². The van der Waals surface area contributed by atoms with Crippen LogP contribution in [0, 0.1) is 5.41 Å². The Balaban J connectivity index is 2.40. The second-order valence-electron chi connectivity index (χ2n) is 5.16. The monoisotopic (exact) mass is 281 g/mol. The van der Waals surface area contributed by atoms with Crippen LogP contribution in [-0.2, 0) is 14.3 Å². The van der Waals surface area contributed by atoms with Crippen molar-refractivity contribution < 1.29 is 14.3 Å². The quantitative estimate of drug-likeness (QED) is 0.864. The maximum atomic E-state index is 12.2. The van der Waals surface area contributed by atoms with Gasteiger partial charge in [0.15, 0.2) is 0 Å². The molecule has 4 nitrogen and oxygen atoms in total. The zero-order chi connectivity index (χ0) is 14.0. The molecule has 2 unspecified atom stereocenters. The first kappa shape index (κ1) is 14.0. The average Bonchev–Trinajstić information content (AvgIpc) is 2.30. The van der Waals surface area contributed by atoms with E-state index in [2.05, 4.69) is 5.32 Å². The Morgan fingerprint density at radius 2 is 2.00 bits per heavy atom. The number of ether oxygens (including phenoxy) is 1. The molecule has 5 heteroatoms. The van der Waals surface area contributed by atoms with Crippen LogP contribution in [0.25, 0.3) is 0 Å². The summed E-state index contributed by atoms with van der Waals surface area (Å²) in [6.07, 6.45) is 0.264. The Morgan fingerprint density at radius 1 is 1.37 bits per heavy atom. The van der Waals surface area contributed by atoms with E-state index in [0.29, 0.717) is 11.6 Å². The van der Waals surface area contributed by atoms with Gasteiger partial charge in [0.25, 0.3) is 0 Å². The molecule has 1 saturated heterocycles. The van der Waals surface area contributed by atoms with Crippen molar-refractivity contribution in [3.05, 3.63) is 34.9 Å². The third-order valence-corrected chi connectivity index (χ3v) is 3.72. The Labute approximate surface area is 117 Å². The van der Waals surface area contributed by atoms with Gasteiger partial charge in [0.2, 0.25) is 11.8 Å². The molecule has 102 valence electrons. The molecule has 0 spiro atoms. The minimum Gasteiger partial charge on any atom is -0.384 e. The number of benzene rings is 1. The Hall–Kier alpha value is -1.39. The summed E-state index contributed by atoms with van der Waals surface area (Å²) in [6, 6.07) is 7.12. The number of piperidine rings is 1. The fraction of sp³-hybridized carbons (Fsp3) is 0.429. The average molecular weight is 282 g/mol. The van der Waals surface area contributed by atoms with E-state index in [1.807, 2.05) is 19.1 Å². The van der Waals surface area contributed by atoms with E-state index in [9.17, 15) is 9.59 Å². The number of carbonyl (C=O) groups is 2. The molecule has 1 heterocycles. The van der Waals surface area contributed by atoms with Crippen molar-refractivity contribution in [2.45, 2.75) is 19.3 Å². The Bertz CT molecular complexity index is 500. The number of carbonyl (C=O) groups excluding carboxylic acids is 2. The van der Waals surface area contributed by atoms with Gasteiger partial charge in [0, 0.05) is 24.0 Å². The van der Waals surface area contributed by atoms with E-state index in [1.54, 1.807) is 19.2 Å². The van der Waals surface area contributed by atoms with Crippen molar-refractivity contribution in [1.82, 2.24) is 5.32 Å². The van der Waals surface area contributed by atoms with Crippen LogP contribution in [0.5, 0.6) is 0 Å². The molecule has 1 aliphatic rings. The molecule has 1 aliphatic heterocycles. The van der Waals surface area contributed by atoms with Crippen molar-refractivity contribution in [3.63, 3.8) is 0 Å². The molecule has 19 heavy (non-hydrogen) atoms. The fourth-order valence-corrected chi connectivity index (χ4v) is 2.84. The highest BCUT2D eigenvalue weighted by atomic mass is 35.5. The van der Waals surface area contributed by atoms with E-state index >= 15 is 0 Å². The lowest BCUT2D eigenvalue weighted by Crippen LogP contribution is -2.51. The Morgan fingerprint density at radius 3 is 2.58 bits per heavy atom. The number of imide groups is 1. The summed E-state index contributed by atoms with van der Waals surface area (Å²) < 4.78 is 5.20. The molecule has 0 aromatic heterocycles. The van der Waals surface area contributed by atoms with Gasteiger partial charge in [0.1, 0.15) is 0 Å². The number of nitrogens with one attached hydrogen (secondary N) is 1. The Kier molecular flexibility index (Phi) is 3.92. The largest absolute Gasteiger partial charge is 0.384 e. The van der Waals surface area contributed by atoms with Crippen molar-refractivity contribution >= 4 is 23.4 Å². The van der Waals surface area contributed by atoms with E-state index in [-0.39, 0.29) is 18.2 Å². The first-order valence-electron chi connectivity index (χ1n) is 6.04. The number of hydrogen-bond acceptors (Lipinski definition) is 3. The SMILES string of the molecule is COCC1(C)CC(=O)NC(=O)C1c1ccc(Cl)cc1. The minimum atomic E-state index is -0.540. The fourth-order valence-electron chi connectivity index (χ4n) is 2.71. The van der Waals surface area contributed by atoms with Crippen molar-refractivity contribution in [2.75, 3.05) is 13.7 Å². The van der Waals surface area contributed by atoms with Gasteiger partial charge < -0.3 is 4.74 Å². The van der Waals surface area contributed by atoms with Gasteiger partial charge >= 0.3 is 0 Å². The lowest BCUT2D eigenvalue weighted by Gasteiger charge is -2.39. The summed E-state index contributed by atoms with van der Waals surface area (Å²) >= 11 is 5.86. The van der Waals surface area contributed by atoms with Crippen LogP contribution >= 0.6 is 11.6 Å². The van der Waals surface area contributed by atoms with E-state index in [4.69, 9.17) is 16.3 Å². The van der Waals surface area contributed by atoms with Crippen molar-refractivity contribution in [1.29, 1.82) is 0 Å². The lowest BCUT2D eigenvalue weighted by atomic mass is 9.69. The molecular formula is C14H16ClNO3. The van der Waals surface area contributed by atoms with Crippen LogP contribution in [-0.4, -0.2) is 25.5 Å². The van der Waals surface area contributed by atoms with Crippen molar-refractivity contribution in [2.24, 2.45) is 5.41 Å². The topological polar surface area (TPSA) is 55.4 Å². The zero-order valence-corrected chi connectivity index (χ0v) is 11.7. The standard InChI is InChI=1S/C14H16ClNO3/c1-14(8-19-2)7-11(17)16-13(18)12(14)9-3-5-10(15)6-4-9/h3-6,12H,7-8H2,1-2H3,(H,16,17,18). The highest BCUT2D eigenvalue weighted by Gasteiger charge is 2.46. The summed E-state index contributed by atoms with van der Waals surface area (Å²) in [4.78, 5) is 23.7. The predicted molar refractivity (Wildman–Crippen MR) is 71.9 cm³/mol. The summed E-state index contributed by atoms with van der Waals surface area (Å²) in [5.74, 6) is -0.949. The number of amides is 2. The van der Waals surface area contributed by atoms with Gasteiger partial charge in [-0.3, -0.25) is 14.9 Å². The van der Waals surface area contributed by atoms with E-state index in [0.717, 1.165) is 5.56 Å². The lowest BCUT2D eigenvalue weighted by molar-refractivity contribution is -0.141. The highest BCUT2D eigenvalue weighted by molar-refractivity contribution is 6.30. The maximum Gasteiger partial charge on any atom is 0.234 e. The minimum absolute atomic E-state index is 0.255. The second-order valence-corrected chi connectivity index (χ2v) is 5.60. The number of rotatable bonds is 3. The van der Waals surface area contributed by atoms with Gasteiger partial charge in [-0.15, -0.1) is 0 Å². The predicted octanol–water partition coefficient (Wildman–Crippen LogP) is 2.12. The molecule has 1 N–H and O–H groups in total. The first-order valence-corrected chi connectivity index (χ1v) is 6.42. The van der Waals surface area contributed by atoms with Crippen molar-refractivity contribution in [3.8, 4) is 0 Å². The molecule has 2 rings (SSSR count). The van der Waals surface area contributed by atoms with Gasteiger partial charge in [-0.2, -0.15) is 0 Å². The van der Waals surface area contributed by atoms with E-state index < -0.39 is 11.3 Å². The summed E-state index contributed by atoms with van der Waals surface area (Å²) in [5.41, 5.74) is 0.302. The van der Waals surface area contributed by atoms with Crippen LogP contribution in [0.1, 0.15) is 24.8 Å². The molecule has 1 aromatic rings. The van der Waals surface area contributed by atoms with Crippen LogP contribution in [0.3, 0.4) is 0 Å². The van der Waals surface area contributed by atoms with Gasteiger partial charge in [-0.1, -0.05) is 30.7 Å². The van der Waals surface area contributed by atoms with E-state index in [1.165, 1.54) is 0 Å². The summed E-state index contributed by atoms with van der Waals surface area (Å²) in [7, 11) is 1.57. The van der Waals surface area contributed by atoms with Crippen LogP contribution in [0.15, 0.2) is 24.3 Å². The van der Waals surface area contributed by atoms with Gasteiger partial charge in [0.05, 0.1) is 12.5 Å². The molecule has 2 amide bonds. The van der Waals surface area contributed by atoms with Gasteiger partial charge in [-0.25, -0.2) is 0 Å². The zero-order valence-electron chi connectivity index (χ0n) is 10.9. The number of methoxy groups -OCH3 is 1. The summed E-state index contributed by atoms with van der Waals surface area (Å²) in [6.45, 7) is 2.24. The molecule has 0 bridgehead atoms. The second kappa shape index (κ2) is 5.31. The molecular weight excluding hydrogens is 266 g/mol. The smallest absolute Gasteiger partial charge is 0.234 e. The first-order chi connectivity index (χ1) is 8.96. The number of hydrogen-bond donors (Lipinski definition) is 1. The molecule has 1 fully saturated rings. The van der Waals surface area contributed by atoms with Crippen LogP contribution in [0.4, 0.5) is 0 Å². The maximum absolute atomic E-state index is 12.2. The number of halogens is 1. The van der Waals surface area contributed by atoms with Crippen LogP contribution in [0.2, 0.25) is 5.02 Å². The molecule has 0 radical (unpaired) electrons. The normalized spacial score (nSPS) is 27.2. The van der Waals surface area contributed by atoms with Gasteiger partial charge in [-0.05, 0) is 17.7 Å². The summed E-state index contributed by atoms with van der Waals surface area (Å²) in [5, 5.41) is 3.00. The molecule has 0 saturated carbocycles. The highest BCUT2D eigenvalue weighted by Crippen LogP contribution is 2.41. The third kappa shape index (κ3) is 2.80. The molecule has 0 aliphatic carbocycles. The molecule has 1 aromatic carbocycles. The third-order valence-electron chi connectivity index (χ3n) is 3.46.